The van der Waals surface area contributed by atoms with Crippen LogP contribution >= 0.6 is 7.82 Å². The fourth-order valence-corrected chi connectivity index (χ4v) is 4.13. The molecule has 0 radical (unpaired) electrons. The lowest BCUT2D eigenvalue weighted by Crippen LogP contribution is -2.43. The molecule has 0 aliphatic heterocycles. The lowest BCUT2D eigenvalue weighted by atomic mass is 10.2. The van der Waals surface area contributed by atoms with Crippen molar-refractivity contribution in [1.29, 1.82) is 0 Å². The summed E-state index contributed by atoms with van der Waals surface area (Å²) in [6, 6.07) is 3.22. The second kappa shape index (κ2) is 11.6. The molecule has 1 amide bonds. The van der Waals surface area contributed by atoms with Gasteiger partial charge in [-0.3, -0.25) is 13.8 Å². The van der Waals surface area contributed by atoms with Gasteiger partial charge in [-0.15, -0.1) is 0 Å². The average Bonchev–Trinajstić information content (AvgIpc) is 3.30. The van der Waals surface area contributed by atoms with Crippen molar-refractivity contribution in [3.05, 3.63) is 24.5 Å². The van der Waals surface area contributed by atoms with Crippen LogP contribution in [0.1, 0.15) is 51.4 Å². The van der Waals surface area contributed by atoms with Crippen molar-refractivity contribution < 1.29 is 23.3 Å². The molecule has 27 heavy (non-hydrogen) atoms. The third kappa shape index (κ3) is 9.04. The third-order valence-electron chi connectivity index (χ3n) is 4.62. The number of nitrogens with one attached hydrogen (secondary N) is 1. The average molecular weight is 401 g/mol. The van der Waals surface area contributed by atoms with Crippen LogP contribution < -0.4 is 11.1 Å². The predicted molar refractivity (Wildman–Crippen MR) is 103 cm³/mol. The molecule has 1 saturated carbocycles. The maximum absolute atomic E-state index is 11.9. The summed E-state index contributed by atoms with van der Waals surface area (Å²) >= 11 is 0. The van der Waals surface area contributed by atoms with Gasteiger partial charge in [-0.25, -0.2) is 4.57 Å². The summed E-state index contributed by atoms with van der Waals surface area (Å²) in [6.07, 6.45) is 10.6. The van der Waals surface area contributed by atoms with Gasteiger partial charge in [0.1, 0.15) is 6.04 Å². The van der Waals surface area contributed by atoms with Crippen molar-refractivity contribution in [2.45, 2.75) is 70.1 Å². The molecule has 0 spiro atoms. The minimum Gasteiger partial charge on any atom is -0.355 e. The maximum Gasteiger partial charge on any atom is 0.472 e. The van der Waals surface area contributed by atoms with E-state index in [1.54, 1.807) is 0 Å². The normalized spacial score (nSPS) is 18.3. The smallest absolute Gasteiger partial charge is 0.355 e. The Morgan fingerprint density at radius 2 is 1.89 bits per heavy atom. The molecule has 1 unspecified atom stereocenters. The van der Waals surface area contributed by atoms with Crippen molar-refractivity contribution in [1.82, 2.24) is 9.88 Å². The van der Waals surface area contributed by atoms with Crippen LogP contribution in [0.25, 0.3) is 0 Å². The predicted octanol–water partition coefficient (Wildman–Crippen LogP) is 2.57. The lowest BCUT2D eigenvalue weighted by Gasteiger charge is -2.16. The molecule has 0 saturated heterocycles. The van der Waals surface area contributed by atoms with Crippen LogP contribution in [-0.4, -0.2) is 40.7 Å². The number of nitrogens with two attached hydrogens (primary N) is 1. The molecule has 1 heterocycles. The molecule has 1 aromatic heterocycles. The van der Waals surface area contributed by atoms with Crippen LogP contribution in [0.2, 0.25) is 0 Å². The first-order valence-corrected chi connectivity index (χ1v) is 11.3. The molecule has 1 aliphatic carbocycles. The van der Waals surface area contributed by atoms with Crippen LogP contribution in [0.3, 0.4) is 0 Å². The summed E-state index contributed by atoms with van der Waals surface area (Å²) in [5.74, 6) is -0.155. The summed E-state index contributed by atoms with van der Waals surface area (Å²) < 4.78 is 23.9. The Morgan fingerprint density at radius 1 is 1.22 bits per heavy atom. The fraction of sp³-hybridized carbons (Fsp3) is 0.722. The van der Waals surface area contributed by atoms with Crippen molar-refractivity contribution in [3.8, 4) is 0 Å². The van der Waals surface area contributed by atoms with E-state index in [9.17, 15) is 14.3 Å². The first kappa shape index (κ1) is 22.1. The van der Waals surface area contributed by atoms with E-state index < -0.39 is 13.9 Å². The molecule has 2 rings (SSSR count). The van der Waals surface area contributed by atoms with Crippen LogP contribution in [-0.2, 0) is 25.0 Å². The van der Waals surface area contributed by atoms with Crippen molar-refractivity contribution in [2.75, 3.05) is 13.2 Å². The van der Waals surface area contributed by atoms with Gasteiger partial charge < -0.3 is 20.5 Å². The van der Waals surface area contributed by atoms with Crippen LogP contribution in [0.15, 0.2) is 24.5 Å². The molecule has 2 atom stereocenters. The highest BCUT2D eigenvalue weighted by atomic mass is 31.2. The molecule has 0 bridgehead atoms. The van der Waals surface area contributed by atoms with Crippen LogP contribution in [0, 0.1) is 0 Å². The van der Waals surface area contributed by atoms with Gasteiger partial charge in [-0.1, -0.05) is 25.7 Å². The molecule has 8 nitrogen and oxygen atoms in total. The van der Waals surface area contributed by atoms with E-state index in [4.69, 9.17) is 14.8 Å². The molecule has 0 aromatic carbocycles. The number of hydrogen-bond donors (Lipinski definition) is 3. The highest BCUT2D eigenvalue weighted by Gasteiger charge is 2.28. The SMILES string of the molecule is N[C@@H](Cn1cccc1)C(=O)NCCCCCCOP(=O)(O)OC1CCCC1. The van der Waals surface area contributed by atoms with E-state index in [1.165, 1.54) is 0 Å². The van der Waals surface area contributed by atoms with Gasteiger partial charge in [-0.2, -0.15) is 0 Å². The Balaban J connectivity index is 1.45. The number of carbonyl (C=O) groups is 1. The van der Waals surface area contributed by atoms with Crippen molar-refractivity contribution >= 4 is 13.7 Å². The Bertz CT molecular complexity index is 590. The topological polar surface area (TPSA) is 116 Å². The molecular formula is C18H32N3O5P. The van der Waals surface area contributed by atoms with Crippen LogP contribution in [0.5, 0.6) is 0 Å². The Hall–Kier alpha value is -1.18. The van der Waals surface area contributed by atoms with E-state index in [1.807, 2.05) is 29.1 Å². The molecule has 154 valence electrons. The lowest BCUT2D eigenvalue weighted by molar-refractivity contribution is -0.122. The summed E-state index contributed by atoms with van der Waals surface area (Å²) in [5, 5.41) is 2.84. The number of nitrogens with zero attached hydrogens (tertiary/aromatic N) is 1. The third-order valence-corrected chi connectivity index (χ3v) is 5.69. The van der Waals surface area contributed by atoms with E-state index in [2.05, 4.69) is 5.32 Å². The second-order valence-electron chi connectivity index (χ2n) is 7.01. The monoisotopic (exact) mass is 401 g/mol. The van der Waals surface area contributed by atoms with Gasteiger partial charge in [-0.05, 0) is 37.8 Å². The number of amides is 1. The second-order valence-corrected chi connectivity index (χ2v) is 8.41. The van der Waals surface area contributed by atoms with Crippen molar-refractivity contribution in [3.63, 3.8) is 0 Å². The highest BCUT2D eigenvalue weighted by molar-refractivity contribution is 7.47. The molecule has 1 aliphatic rings. The highest BCUT2D eigenvalue weighted by Crippen LogP contribution is 2.47. The number of aromatic nitrogens is 1. The van der Waals surface area contributed by atoms with Crippen LogP contribution in [0.4, 0.5) is 0 Å². The van der Waals surface area contributed by atoms with E-state index in [0.717, 1.165) is 44.9 Å². The Morgan fingerprint density at radius 3 is 2.59 bits per heavy atom. The largest absolute Gasteiger partial charge is 0.472 e. The van der Waals surface area contributed by atoms with Gasteiger partial charge in [0.05, 0.1) is 12.7 Å². The molecule has 9 heteroatoms. The number of phosphoric acid groups is 1. The fourth-order valence-electron chi connectivity index (χ4n) is 3.12. The van der Waals surface area contributed by atoms with Gasteiger partial charge >= 0.3 is 7.82 Å². The minimum atomic E-state index is -3.92. The standard InChI is InChI=1S/C18H32N3O5P/c19-17(15-21-12-6-7-13-21)18(22)20-11-5-1-2-8-14-25-27(23,24)26-16-9-3-4-10-16/h6-7,12-13,16-17H,1-5,8-11,14-15,19H2,(H,20,22)(H,23,24)/t17-/m0/s1. The number of phosphoric ester groups is 1. The number of unbranched alkanes of at least 4 members (excludes halogenated alkanes) is 3. The van der Waals surface area contributed by atoms with Gasteiger partial charge in [0.15, 0.2) is 0 Å². The summed E-state index contributed by atoms with van der Waals surface area (Å²) in [4.78, 5) is 21.6. The summed E-state index contributed by atoms with van der Waals surface area (Å²) in [5.41, 5.74) is 5.88. The van der Waals surface area contributed by atoms with E-state index in [-0.39, 0.29) is 18.6 Å². The van der Waals surface area contributed by atoms with Crippen molar-refractivity contribution in [2.24, 2.45) is 5.73 Å². The molecule has 1 fully saturated rings. The zero-order valence-electron chi connectivity index (χ0n) is 15.8. The first-order valence-electron chi connectivity index (χ1n) is 9.76. The Labute approximate surface area is 161 Å². The molecule has 1 aromatic rings. The molecular weight excluding hydrogens is 369 g/mol. The Kier molecular flexibility index (Phi) is 9.51. The molecule has 4 N–H and O–H groups in total. The van der Waals surface area contributed by atoms with Gasteiger partial charge in [0.2, 0.25) is 5.91 Å². The summed E-state index contributed by atoms with van der Waals surface area (Å²) in [7, 11) is -3.92. The minimum absolute atomic E-state index is 0.145. The number of rotatable bonds is 13. The first-order chi connectivity index (χ1) is 13.0. The van der Waals surface area contributed by atoms with E-state index >= 15 is 0 Å². The summed E-state index contributed by atoms with van der Waals surface area (Å²) in [6.45, 7) is 1.23. The van der Waals surface area contributed by atoms with Gasteiger partial charge in [0, 0.05) is 25.5 Å². The maximum atomic E-state index is 11.9. The quantitative estimate of drug-likeness (QED) is 0.346. The zero-order valence-corrected chi connectivity index (χ0v) is 16.7. The number of carbonyl (C=O) groups excluding carboxylic acids is 1. The van der Waals surface area contributed by atoms with E-state index in [0.29, 0.717) is 19.5 Å². The zero-order chi connectivity index (χ0) is 19.5. The van der Waals surface area contributed by atoms with Gasteiger partial charge in [0.25, 0.3) is 0 Å². The number of hydrogen-bond acceptors (Lipinski definition) is 5.